The van der Waals surface area contributed by atoms with Gasteiger partial charge in [0.05, 0.1) is 0 Å². The highest BCUT2D eigenvalue weighted by Crippen LogP contribution is 2.29. The molecule has 0 aromatic heterocycles. The van der Waals surface area contributed by atoms with Crippen LogP contribution in [0, 0.1) is 5.41 Å². The van der Waals surface area contributed by atoms with Gasteiger partial charge in [0, 0.05) is 25.0 Å². The fraction of sp³-hybridized carbons (Fsp3) is 1.00. The van der Waals surface area contributed by atoms with Gasteiger partial charge in [-0.3, -0.25) is 0 Å². The van der Waals surface area contributed by atoms with Crippen LogP contribution >= 0.6 is 0 Å². The molecule has 2 heteroatoms. The van der Waals surface area contributed by atoms with Crippen LogP contribution in [-0.2, 0) is 0 Å². The summed E-state index contributed by atoms with van der Waals surface area (Å²) in [6.07, 6.45) is 0. The predicted molar refractivity (Wildman–Crippen MR) is 53.4 cm³/mol. The van der Waals surface area contributed by atoms with Crippen LogP contribution < -0.4 is 0 Å². The Hall–Kier alpha value is -0.0800. The van der Waals surface area contributed by atoms with E-state index < -0.39 is 0 Å². The lowest BCUT2D eigenvalue weighted by molar-refractivity contribution is -0.00223. The predicted octanol–water partition coefficient (Wildman–Crippen LogP) is 1.28. The van der Waals surface area contributed by atoms with E-state index in [2.05, 4.69) is 37.6 Å². The first-order valence-electron chi connectivity index (χ1n) is 5.00. The average Bonchev–Trinajstić information content (AvgIpc) is 1.99. The first-order valence-corrected chi connectivity index (χ1v) is 5.00. The Balaban J connectivity index is 2.25. The summed E-state index contributed by atoms with van der Waals surface area (Å²) >= 11 is 0. The van der Waals surface area contributed by atoms with Crippen LogP contribution in [-0.4, -0.2) is 49.6 Å². The summed E-state index contributed by atoms with van der Waals surface area (Å²) in [6, 6.07) is 0. The number of nitrogens with zero attached hydrogens (tertiary/aromatic N) is 2. The molecule has 0 spiro atoms. The average molecular weight is 170 g/mol. The first kappa shape index (κ1) is 10.0. The molecule has 0 amide bonds. The zero-order chi connectivity index (χ0) is 9.19. The second-order valence-electron chi connectivity index (χ2n) is 4.44. The lowest BCUT2D eigenvalue weighted by Gasteiger charge is -2.49. The molecule has 72 valence electrons. The third-order valence-corrected chi connectivity index (χ3v) is 2.85. The fourth-order valence-corrected chi connectivity index (χ4v) is 2.12. The third kappa shape index (κ3) is 2.20. The molecule has 1 aliphatic rings. The van der Waals surface area contributed by atoms with Gasteiger partial charge >= 0.3 is 0 Å². The Labute approximate surface area is 76.5 Å². The maximum atomic E-state index is 2.50. The molecule has 0 N–H and O–H groups in total. The molecule has 0 unspecified atom stereocenters. The second-order valence-corrected chi connectivity index (χ2v) is 4.44. The SMILES string of the molecule is CCN(C)CC1(C)CN(CC)C1. The Morgan fingerprint density at radius 2 is 1.92 bits per heavy atom. The van der Waals surface area contributed by atoms with Crippen molar-refractivity contribution in [1.82, 2.24) is 9.80 Å². The highest BCUT2D eigenvalue weighted by atomic mass is 15.2. The van der Waals surface area contributed by atoms with Gasteiger partial charge in [-0.05, 0) is 20.1 Å². The van der Waals surface area contributed by atoms with Gasteiger partial charge < -0.3 is 9.80 Å². The lowest BCUT2D eigenvalue weighted by Crippen LogP contribution is -2.58. The molecule has 0 saturated carbocycles. The van der Waals surface area contributed by atoms with E-state index in [0.717, 1.165) is 0 Å². The van der Waals surface area contributed by atoms with Gasteiger partial charge in [0.2, 0.25) is 0 Å². The zero-order valence-electron chi connectivity index (χ0n) is 8.93. The van der Waals surface area contributed by atoms with E-state index in [0.29, 0.717) is 5.41 Å². The zero-order valence-corrected chi connectivity index (χ0v) is 8.93. The Bertz CT molecular complexity index is 139. The van der Waals surface area contributed by atoms with E-state index in [1.54, 1.807) is 0 Å². The molecule has 12 heavy (non-hydrogen) atoms. The summed E-state index contributed by atoms with van der Waals surface area (Å²) in [5.74, 6) is 0. The van der Waals surface area contributed by atoms with Crippen molar-refractivity contribution in [3.05, 3.63) is 0 Å². The van der Waals surface area contributed by atoms with Gasteiger partial charge in [-0.1, -0.05) is 20.8 Å². The molecule has 0 aliphatic carbocycles. The molecule has 0 bridgehead atoms. The van der Waals surface area contributed by atoms with Gasteiger partial charge in [0.1, 0.15) is 0 Å². The van der Waals surface area contributed by atoms with Crippen LogP contribution in [0.5, 0.6) is 0 Å². The minimum absolute atomic E-state index is 0.570. The van der Waals surface area contributed by atoms with E-state index in [1.165, 1.54) is 32.7 Å². The summed E-state index contributed by atoms with van der Waals surface area (Å²) < 4.78 is 0. The third-order valence-electron chi connectivity index (χ3n) is 2.85. The van der Waals surface area contributed by atoms with Gasteiger partial charge in [0.25, 0.3) is 0 Å². The highest BCUT2D eigenvalue weighted by Gasteiger charge is 2.37. The summed E-state index contributed by atoms with van der Waals surface area (Å²) in [7, 11) is 2.21. The molecule has 1 heterocycles. The molecule has 1 rings (SSSR count). The van der Waals surface area contributed by atoms with E-state index >= 15 is 0 Å². The van der Waals surface area contributed by atoms with Crippen molar-refractivity contribution in [1.29, 1.82) is 0 Å². The molecule has 1 aliphatic heterocycles. The minimum atomic E-state index is 0.570. The van der Waals surface area contributed by atoms with E-state index in [1.807, 2.05) is 0 Å². The molecule has 1 saturated heterocycles. The maximum Gasteiger partial charge on any atom is 0.00600 e. The van der Waals surface area contributed by atoms with Crippen LogP contribution in [0.25, 0.3) is 0 Å². The Morgan fingerprint density at radius 3 is 2.33 bits per heavy atom. The number of hydrogen-bond donors (Lipinski definition) is 0. The molecule has 1 fully saturated rings. The van der Waals surface area contributed by atoms with Gasteiger partial charge in [-0.25, -0.2) is 0 Å². The van der Waals surface area contributed by atoms with Crippen molar-refractivity contribution in [2.45, 2.75) is 20.8 Å². The van der Waals surface area contributed by atoms with E-state index in [-0.39, 0.29) is 0 Å². The molecule has 0 aromatic carbocycles. The van der Waals surface area contributed by atoms with Crippen molar-refractivity contribution < 1.29 is 0 Å². The van der Waals surface area contributed by atoms with Crippen molar-refractivity contribution in [2.24, 2.45) is 5.41 Å². The Morgan fingerprint density at radius 1 is 1.33 bits per heavy atom. The number of hydrogen-bond acceptors (Lipinski definition) is 2. The molecule has 0 radical (unpaired) electrons. The smallest absolute Gasteiger partial charge is 0.00600 e. The largest absolute Gasteiger partial charge is 0.306 e. The van der Waals surface area contributed by atoms with Crippen molar-refractivity contribution >= 4 is 0 Å². The molecular weight excluding hydrogens is 148 g/mol. The highest BCUT2D eigenvalue weighted by molar-refractivity contribution is 4.92. The number of rotatable bonds is 4. The van der Waals surface area contributed by atoms with Crippen molar-refractivity contribution in [3.8, 4) is 0 Å². The molecule has 0 atom stereocenters. The first-order chi connectivity index (χ1) is 5.59. The van der Waals surface area contributed by atoms with Crippen LogP contribution in [0.3, 0.4) is 0 Å². The summed E-state index contributed by atoms with van der Waals surface area (Å²) in [4.78, 5) is 4.91. The summed E-state index contributed by atoms with van der Waals surface area (Å²) in [5, 5.41) is 0. The summed E-state index contributed by atoms with van der Waals surface area (Å²) in [6.45, 7) is 13.1. The normalized spacial score (nSPS) is 22.8. The standard InChI is InChI=1S/C10H22N2/c1-5-11(4)7-10(3)8-12(6-2)9-10/h5-9H2,1-4H3. The van der Waals surface area contributed by atoms with E-state index in [9.17, 15) is 0 Å². The van der Waals surface area contributed by atoms with Crippen LogP contribution in [0.4, 0.5) is 0 Å². The molecular formula is C10H22N2. The van der Waals surface area contributed by atoms with Gasteiger partial charge in [0.15, 0.2) is 0 Å². The van der Waals surface area contributed by atoms with Crippen LogP contribution in [0.15, 0.2) is 0 Å². The maximum absolute atomic E-state index is 2.50. The molecule has 0 aromatic rings. The van der Waals surface area contributed by atoms with Crippen molar-refractivity contribution in [2.75, 3.05) is 39.8 Å². The van der Waals surface area contributed by atoms with Gasteiger partial charge in [-0.2, -0.15) is 0 Å². The van der Waals surface area contributed by atoms with Gasteiger partial charge in [-0.15, -0.1) is 0 Å². The van der Waals surface area contributed by atoms with E-state index in [4.69, 9.17) is 0 Å². The van der Waals surface area contributed by atoms with Crippen molar-refractivity contribution in [3.63, 3.8) is 0 Å². The topological polar surface area (TPSA) is 6.48 Å². The van der Waals surface area contributed by atoms with Crippen LogP contribution in [0.2, 0.25) is 0 Å². The molecule has 2 nitrogen and oxygen atoms in total. The Kier molecular flexibility index (Phi) is 3.13. The van der Waals surface area contributed by atoms with Crippen LogP contribution in [0.1, 0.15) is 20.8 Å². The second kappa shape index (κ2) is 3.75. The fourth-order valence-electron chi connectivity index (χ4n) is 2.12. The lowest BCUT2D eigenvalue weighted by atomic mass is 9.81. The number of likely N-dealkylation sites (tertiary alicyclic amines) is 1. The quantitative estimate of drug-likeness (QED) is 0.627. The monoisotopic (exact) mass is 170 g/mol. The summed E-state index contributed by atoms with van der Waals surface area (Å²) in [5.41, 5.74) is 0.570. The minimum Gasteiger partial charge on any atom is -0.306 e.